The largest absolute Gasteiger partial charge is 0.355 e. The molecule has 0 bridgehead atoms. The van der Waals surface area contributed by atoms with Gasteiger partial charge in [0.1, 0.15) is 0 Å². The van der Waals surface area contributed by atoms with E-state index in [0.717, 1.165) is 5.56 Å². The highest BCUT2D eigenvalue weighted by Gasteiger charge is 2.40. The third-order valence-electron chi connectivity index (χ3n) is 3.48. The summed E-state index contributed by atoms with van der Waals surface area (Å²) in [6.07, 6.45) is 0.170. The Labute approximate surface area is 123 Å². The van der Waals surface area contributed by atoms with Gasteiger partial charge >= 0.3 is 0 Å². The zero-order valence-electron chi connectivity index (χ0n) is 11.5. The van der Waals surface area contributed by atoms with E-state index < -0.39 is 15.4 Å². The van der Waals surface area contributed by atoms with E-state index >= 15 is 0 Å². The molecule has 0 spiro atoms. The minimum atomic E-state index is -3.71. The smallest absolute Gasteiger partial charge is 0.238 e. The summed E-state index contributed by atoms with van der Waals surface area (Å²) in [4.78, 5) is 23.3. The lowest BCUT2D eigenvalue weighted by Crippen LogP contribution is -2.40. The molecule has 1 aromatic rings. The summed E-state index contributed by atoms with van der Waals surface area (Å²) < 4.78 is 22.3. The lowest BCUT2D eigenvalue weighted by Gasteiger charge is -2.20. The predicted molar refractivity (Wildman–Crippen MR) is 75.4 cm³/mol. The molecule has 1 saturated heterocycles. The molecular weight excluding hydrogens is 294 g/mol. The first-order chi connectivity index (χ1) is 9.71. The maximum Gasteiger partial charge on any atom is 0.238 e. The summed E-state index contributed by atoms with van der Waals surface area (Å²) in [5, 5.41) is 10.4. The van der Waals surface area contributed by atoms with Gasteiger partial charge in [0.2, 0.25) is 21.8 Å². The topological polar surface area (TPSA) is 118 Å². The standard InChI is InChI=1S/C13H17N3O4S/c1-13(6-11(17)16-8-13)12(18)15-7-9-2-4-10(5-3-9)21(14,19)20/h2-5H,6-8H2,1H3,(H,15,18)(H,16,17)(H2,14,19,20). The molecule has 1 atom stereocenters. The van der Waals surface area contributed by atoms with Gasteiger partial charge in [0, 0.05) is 19.5 Å². The minimum Gasteiger partial charge on any atom is -0.355 e. The van der Waals surface area contributed by atoms with Crippen molar-refractivity contribution >= 4 is 21.8 Å². The molecule has 114 valence electrons. The molecule has 8 heteroatoms. The normalized spacial score (nSPS) is 21.9. The highest BCUT2D eigenvalue weighted by molar-refractivity contribution is 7.89. The molecule has 1 aromatic carbocycles. The lowest BCUT2D eigenvalue weighted by atomic mass is 9.88. The summed E-state index contributed by atoms with van der Waals surface area (Å²) in [7, 11) is -3.71. The van der Waals surface area contributed by atoms with Crippen LogP contribution < -0.4 is 15.8 Å². The van der Waals surface area contributed by atoms with Crippen LogP contribution in [0.1, 0.15) is 18.9 Å². The second kappa shape index (κ2) is 5.45. The number of hydrogen-bond donors (Lipinski definition) is 3. The third kappa shape index (κ3) is 3.59. The highest BCUT2D eigenvalue weighted by Crippen LogP contribution is 2.25. The average molecular weight is 311 g/mol. The monoisotopic (exact) mass is 311 g/mol. The van der Waals surface area contributed by atoms with Crippen molar-refractivity contribution in [1.29, 1.82) is 0 Å². The number of amides is 2. The summed E-state index contributed by atoms with van der Waals surface area (Å²) in [5.74, 6) is -0.346. The number of hydrogen-bond acceptors (Lipinski definition) is 4. The SMILES string of the molecule is CC1(C(=O)NCc2ccc(S(N)(=O)=O)cc2)CNC(=O)C1. The zero-order valence-corrected chi connectivity index (χ0v) is 12.4. The molecule has 0 aromatic heterocycles. The second-order valence-electron chi connectivity index (χ2n) is 5.39. The zero-order chi connectivity index (χ0) is 15.7. The van der Waals surface area contributed by atoms with Gasteiger partial charge in [-0.05, 0) is 24.6 Å². The number of sulfonamides is 1. The minimum absolute atomic E-state index is 0.0233. The van der Waals surface area contributed by atoms with Crippen LogP contribution in [0, 0.1) is 5.41 Å². The van der Waals surface area contributed by atoms with Gasteiger partial charge in [0.05, 0.1) is 10.3 Å². The van der Waals surface area contributed by atoms with Crippen LogP contribution in [0.5, 0.6) is 0 Å². The van der Waals surface area contributed by atoms with Gasteiger partial charge in [-0.15, -0.1) is 0 Å². The fraction of sp³-hybridized carbons (Fsp3) is 0.385. The van der Waals surface area contributed by atoms with E-state index in [9.17, 15) is 18.0 Å². The van der Waals surface area contributed by atoms with Gasteiger partial charge < -0.3 is 10.6 Å². The number of primary sulfonamides is 1. The van der Waals surface area contributed by atoms with Gasteiger partial charge in [0.15, 0.2) is 0 Å². The summed E-state index contributed by atoms with van der Waals surface area (Å²) in [6.45, 7) is 2.31. The van der Waals surface area contributed by atoms with Gasteiger partial charge in [-0.2, -0.15) is 0 Å². The highest BCUT2D eigenvalue weighted by atomic mass is 32.2. The van der Waals surface area contributed by atoms with Crippen molar-refractivity contribution in [2.75, 3.05) is 6.54 Å². The molecule has 7 nitrogen and oxygen atoms in total. The quantitative estimate of drug-likeness (QED) is 0.693. The Bertz CT molecular complexity index is 669. The Morgan fingerprint density at radius 2 is 2.00 bits per heavy atom. The Balaban J connectivity index is 1.97. The number of nitrogens with one attached hydrogen (secondary N) is 2. The molecular formula is C13H17N3O4S. The van der Waals surface area contributed by atoms with Crippen molar-refractivity contribution in [1.82, 2.24) is 10.6 Å². The predicted octanol–water partition coefficient (Wildman–Crippen LogP) is -0.524. The van der Waals surface area contributed by atoms with Gasteiger partial charge in [-0.25, -0.2) is 13.6 Å². The van der Waals surface area contributed by atoms with Crippen LogP contribution in [0.2, 0.25) is 0 Å². The molecule has 2 amide bonds. The van der Waals surface area contributed by atoms with Crippen LogP contribution in [-0.2, 0) is 26.2 Å². The van der Waals surface area contributed by atoms with Gasteiger partial charge in [-0.3, -0.25) is 9.59 Å². The van der Waals surface area contributed by atoms with Crippen molar-refractivity contribution in [3.63, 3.8) is 0 Å². The van der Waals surface area contributed by atoms with E-state index in [4.69, 9.17) is 5.14 Å². The van der Waals surface area contributed by atoms with E-state index in [0.29, 0.717) is 6.54 Å². The van der Waals surface area contributed by atoms with Gasteiger partial charge in [0.25, 0.3) is 0 Å². The van der Waals surface area contributed by atoms with Crippen molar-refractivity contribution in [3.8, 4) is 0 Å². The van der Waals surface area contributed by atoms with Crippen LogP contribution in [-0.4, -0.2) is 26.8 Å². The molecule has 0 aliphatic carbocycles. The Morgan fingerprint density at radius 1 is 1.38 bits per heavy atom. The van der Waals surface area contributed by atoms with E-state index in [2.05, 4.69) is 10.6 Å². The lowest BCUT2D eigenvalue weighted by molar-refractivity contribution is -0.131. The average Bonchev–Trinajstić information content (AvgIpc) is 2.76. The summed E-state index contributed by atoms with van der Waals surface area (Å²) in [6, 6.07) is 5.94. The molecule has 21 heavy (non-hydrogen) atoms. The Morgan fingerprint density at radius 3 is 2.48 bits per heavy atom. The van der Waals surface area contributed by atoms with E-state index in [1.54, 1.807) is 19.1 Å². The molecule has 1 aliphatic rings. The maximum absolute atomic E-state index is 12.1. The maximum atomic E-state index is 12.1. The van der Waals surface area contributed by atoms with Crippen molar-refractivity contribution in [2.24, 2.45) is 10.6 Å². The Hall–Kier alpha value is -1.93. The first kappa shape index (κ1) is 15.5. The number of rotatable bonds is 4. The van der Waals surface area contributed by atoms with E-state index in [-0.39, 0.29) is 29.7 Å². The molecule has 0 radical (unpaired) electrons. The van der Waals surface area contributed by atoms with Crippen molar-refractivity contribution < 1.29 is 18.0 Å². The van der Waals surface area contributed by atoms with Crippen LogP contribution in [0.3, 0.4) is 0 Å². The van der Waals surface area contributed by atoms with Crippen LogP contribution in [0.4, 0.5) is 0 Å². The fourth-order valence-electron chi connectivity index (χ4n) is 2.13. The fourth-order valence-corrected chi connectivity index (χ4v) is 2.64. The molecule has 4 N–H and O–H groups in total. The third-order valence-corrected chi connectivity index (χ3v) is 4.41. The molecule has 2 rings (SSSR count). The number of carbonyl (C=O) groups excluding carboxylic acids is 2. The second-order valence-corrected chi connectivity index (χ2v) is 6.95. The van der Waals surface area contributed by atoms with Crippen LogP contribution in [0.15, 0.2) is 29.2 Å². The van der Waals surface area contributed by atoms with Crippen LogP contribution >= 0.6 is 0 Å². The van der Waals surface area contributed by atoms with Gasteiger partial charge in [-0.1, -0.05) is 12.1 Å². The molecule has 1 heterocycles. The van der Waals surface area contributed by atoms with E-state index in [1.165, 1.54) is 12.1 Å². The van der Waals surface area contributed by atoms with E-state index in [1.807, 2.05) is 0 Å². The molecule has 0 saturated carbocycles. The molecule has 1 unspecified atom stereocenters. The first-order valence-corrected chi connectivity index (χ1v) is 7.92. The Kier molecular flexibility index (Phi) is 4.02. The first-order valence-electron chi connectivity index (χ1n) is 6.37. The van der Waals surface area contributed by atoms with Crippen molar-refractivity contribution in [3.05, 3.63) is 29.8 Å². The van der Waals surface area contributed by atoms with Crippen LogP contribution in [0.25, 0.3) is 0 Å². The number of carbonyl (C=O) groups is 2. The molecule has 1 aliphatic heterocycles. The number of nitrogens with two attached hydrogens (primary N) is 1. The number of benzene rings is 1. The molecule has 1 fully saturated rings. The summed E-state index contributed by atoms with van der Waals surface area (Å²) in [5.41, 5.74) is 0.00841. The summed E-state index contributed by atoms with van der Waals surface area (Å²) >= 11 is 0. The van der Waals surface area contributed by atoms with Crippen molar-refractivity contribution in [2.45, 2.75) is 24.8 Å².